The van der Waals surface area contributed by atoms with Gasteiger partial charge in [0.05, 0.1) is 13.5 Å². The van der Waals surface area contributed by atoms with Crippen LogP contribution in [0.25, 0.3) is 6.08 Å². The summed E-state index contributed by atoms with van der Waals surface area (Å²) in [5.74, 6) is -0.252. The molecule has 1 aromatic rings. The molecule has 0 atom stereocenters. The Morgan fingerprint density at radius 3 is 2.93 bits per heavy atom. The van der Waals surface area contributed by atoms with Gasteiger partial charge in [-0.2, -0.15) is 0 Å². The van der Waals surface area contributed by atoms with Crippen LogP contribution in [0.4, 0.5) is 5.69 Å². The van der Waals surface area contributed by atoms with Crippen LogP contribution in [0, 0.1) is 6.92 Å². The van der Waals surface area contributed by atoms with Gasteiger partial charge >= 0.3 is 5.97 Å². The summed E-state index contributed by atoms with van der Waals surface area (Å²) in [5.41, 5.74) is 8.58. The Kier molecular flexibility index (Phi) is 3.92. The van der Waals surface area contributed by atoms with E-state index >= 15 is 0 Å². The highest BCUT2D eigenvalue weighted by Crippen LogP contribution is 2.17. The van der Waals surface area contributed by atoms with E-state index in [-0.39, 0.29) is 12.4 Å². The molecule has 0 saturated carbocycles. The Morgan fingerprint density at radius 1 is 1.53 bits per heavy atom. The van der Waals surface area contributed by atoms with Gasteiger partial charge in [0.25, 0.3) is 0 Å². The van der Waals surface area contributed by atoms with Crippen LogP contribution in [-0.2, 0) is 9.53 Å². The van der Waals surface area contributed by atoms with E-state index in [9.17, 15) is 4.79 Å². The lowest BCUT2D eigenvalue weighted by Gasteiger charge is -2.03. The average molecular weight is 205 g/mol. The molecule has 80 valence electrons. The molecule has 0 amide bonds. The van der Waals surface area contributed by atoms with Crippen molar-refractivity contribution in [2.24, 2.45) is 0 Å². The fourth-order valence-electron chi connectivity index (χ4n) is 1.21. The molecule has 0 bridgehead atoms. The third-order valence-electron chi connectivity index (χ3n) is 2.17. The maximum atomic E-state index is 10.8. The Labute approximate surface area is 89.5 Å². The van der Waals surface area contributed by atoms with Crippen molar-refractivity contribution in [3.05, 3.63) is 35.4 Å². The summed E-state index contributed by atoms with van der Waals surface area (Å²) in [4.78, 5) is 10.8. The normalized spacial score (nSPS) is 10.5. The first-order valence-corrected chi connectivity index (χ1v) is 4.73. The summed E-state index contributed by atoms with van der Waals surface area (Å²) >= 11 is 0. The number of carbonyl (C=O) groups is 1. The highest BCUT2D eigenvalue weighted by molar-refractivity contribution is 5.74. The fraction of sp³-hybridized carbons (Fsp3) is 0.250. The number of hydrogen-bond acceptors (Lipinski definition) is 3. The number of methoxy groups -OCH3 is 1. The van der Waals surface area contributed by atoms with Gasteiger partial charge < -0.3 is 10.5 Å². The summed E-state index contributed by atoms with van der Waals surface area (Å²) in [5, 5.41) is 0. The number of anilines is 1. The molecule has 0 spiro atoms. The number of para-hydroxylation sites is 1. The molecule has 0 saturated heterocycles. The second-order valence-corrected chi connectivity index (χ2v) is 3.26. The molecule has 2 N–H and O–H groups in total. The first-order valence-electron chi connectivity index (χ1n) is 4.73. The molecule has 0 aliphatic carbocycles. The van der Waals surface area contributed by atoms with E-state index in [1.54, 1.807) is 6.08 Å². The van der Waals surface area contributed by atoms with Crippen LogP contribution in [0.3, 0.4) is 0 Å². The van der Waals surface area contributed by atoms with Crippen LogP contribution in [0.1, 0.15) is 17.5 Å². The van der Waals surface area contributed by atoms with Crippen molar-refractivity contribution in [3.63, 3.8) is 0 Å². The zero-order valence-corrected chi connectivity index (χ0v) is 8.99. The molecule has 3 nitrogen and oxygen atoms in total. The minimum atomic E-state index is -0.252. The molecule has 0 aliphatic rings. The topological polar surface area (TPSA) is 52.3 Å². The van der Waals surface area contributed by atoms with E-state index in [1.165, 1.54) is 7.11 Å². The lowest BCUT2D eigenvalue weighted by atomic mass is 10.1. The molecule has 1 rings (SSSR count). The first kappa shape index (κ1) is 11.3. The molecule has 0 heterocycles. The van der Waals surface area contributed by atoms with Crippen LogP contribution in [-0.4, -0.2) is 13.1 Å². The predicted molar refractivity (Wildman–Crippen MR) is 61.3 cm³/mol. The van der Waals surface area contributed by atoms with Crippen LogP contribution in [0.5, 0.6) is 0 Å². The number of ether oxygens (including phenoxy) is 1. The van der Waals surface area contributed by atoms with Crippen molar-refractivity contribution in [2.45, 2.75) is 13.3 Å². The molecule has 0 fully saturated rings. The summed E-state index contributed by atoms with van der Waals surface area (Å²) in [6, 6.07) is 5.80. The van der Waals surface area contributed by atoms with Crippen molar-refractivity contribution in [3.8, 4) is 0 Å². The molecule has 1 aromatic carbocycles. The van der Waals surface area contributed by atoms with Crippen molar-refractivity contribution >= 4 is 17.7 Å². The summed E-state index contributed by atoms with van der Waals surface area (Å²) < 4.78 is 4.52. The van der Waals surface area contributed by atoms with E-state index in [0.717, 1.165) is 16.8 Å². The second kappa shape index (κ2) is 5.20. The number of carbonyl (C=O) groups excluding carboxylic acids is 1. The van der Waals surface area contributed by atoms with Gasteiger partial charge in [0.2, 0.25) is 0 Å². The largest absolute Gasteiger partial charge is 0.469 e. The molecule has 15 heavy (non-hydrogen) atoms. The molecular formula is C12H15NO2. The summed E-state index contributed by atoms with van der Waals surface area (Å²) in [6.07, 6.45) is 3.85. The fourth-order valence-corrected chi connectivity index (χ4v) is 1.21. The summed E-state index contributed by atoms with van der Waals surface area (Å²) in [7, 11) is 1.37. The maximum Gasteiger partial charge on any atom is 0.309 e. The highest BCUT2D eigenvalue weighted by atomic mass is 16.5. The zero-order chi connectivity index (χ0) is 11.3. The number of nitrogens with two attached hydrogens (primary N) is 1. The van der Waals surface area contributed by atoms with Gasteiger partial charge in [-0.1, -0.05) is 30.4 Å². The van der Waals surface area contributed by atoms with Gasteiger partial charge in [0.15, 0.2) is 0 Å². The number of esters is 1. The van der Waals surface area contributed by atoms with E-state index < -0.39 is 0 Å². The monoisotopic (exact) mass is 205 g/mol. The molecule has 3 heteroatoms. The van der Waals surface area contributed by atoms with Crippen molar-refractivity contribution in [1.29, 1.82) is 0 Å². The lowest BCUT2D eigenvalue weighted by Crippen LogP contribution is -1.97. The molecule has 0 radical (unpaired) electrons. The Balaban J connectivity index is 2.72. The standard InChI is InChI=1S/C12H15NO2/c1-9-5-3-6-10(12(9)13)7-4-8-11(14)15-2/h3-7H,8,13H2,1-2H3. The van der Waals surface area contributed by atoms with E-state index in [1.807, 2.05) is 31.2 Å². The van der Waals surface area contributed by atoms with E-state index in [4.69, 9.17) is 5.73 Å². The van der Waals surface area contributed by atoms with Crippen LogP contribution in [0.15, 0.2) is 24.3 Å². The van der Waals surface area contributed by atoms with Crippen LogP contribution in [0.2, 0.25) is 0 Å². The molecule has 0 unspecified atom stereocenters. The van der Waals surface area contributed by atoms with Crippen LogP contribution >= 0.6 is 0 Å². The average Bonchev–Trinajstić information content (AvgIpc) is 2.24. The van der Waals surface area contributed by atoms with Crippen molar-refractivity contribution in [1.82, 2.24) is 0 Å². The minimum absolute atomic E-state index is 0.252. The number of aryl methyl sites for hydroxylation is 1. The van der Waals surface area contributed by atoms with Crippen molar-refractivity contribution in [2.75, 3.05) is 12.8 Å². The lowest BCUT2D eigenvalue weighted by molar-refractivity contribution is -0.139. The van der Waals surface area contributed by atoms with Crippen molar-refractivity contribution < 1.29 is 9.53 Å². The number of benzene rings is 1. The minimum Gasteiger partial charge on any atom is -0.469 e. The molecular weight excluding hydrogens is 190 g/mol. The zero-order valence-electron chi connectivity index (χ0n) is 8.99. The quantitative estimate of drug-likeness (QED) is 0.607. The van der Waals surface area contributed by atoms with E-state index in [0.29, 0.717) is 0 Å². The van der Waals surface area contributed by atoms with Gasteiger partial charge in [0.1, 0.15) is 0 Å². The van der Waals surface area contributed by atoms with Crippen LogP contribution < -0.4 is 5.73 Å². The van der Waals surface area contributed by atoms with Gasteiger partial charge in [-0.05, 0) is 18.1 Å². The van der Waals surface area contributed by atoms with E-state index in [2.05, 4.69) is 4.74 Å². The smallest absolute Gasteiger partial charge is 0.309 e. The van der Waals surface area contributed by atoms with Gasteiger partial charge in [-0.25, -0.2) is 0 Å². The van der Waals surface area contributed by atoms with Gasteiger partial charge in [-0.15, -0.1) is 0 Å². The number of hydrogen-bond donors (Lipinski definition) is 1. The second-order valence-electron chi connectivity index (χ2n) is 3.26. The number of nitrogen functional groups attached to an aromatic ring is 1. The third kappa shape index (κ3) is 3.13. The molecule has 0 aliphatic heterocycles. The number of rotatable bonds is 3. The molecule has 0 aromatic heterocycles. The Morgan fingerprint density at radius 2 is 2.27 bits per heavy atom. The highest BCUT2D eigenvalue weighted by Gasteiger charge is 1.98. The SMILES string of the molecule is COC(=O)CC=Cc1cccc(C)c1N. The Hall–Kier alpha value is -1.77. The third-order valence-corrected chi connectivity index (χ3v) is 2.17. The Bertz CT molecular complexity index is 383. The maximum absolute atomic E-state index is 10.8. The van der Waals surface area contributed by atoms with Gasteiger partial charge in [-0.3, -0.25) is 4.79 Å². The summed E-state index contributed by atoms with van der Waals surface area (Å²) in [6.45, 7) is 1.95. The first-order chi connectivity index (χ1) is 7.15. The van der Waals surface area contributed by atoms with Gasteiger partial charge in [0, 0.05) is 5.69 Å². The predicted octanol–water partition coefficient (Wildman–Crippen LogP) is 2.15.